The van der Waals surface area contributed by atoms with Crippen LogP contribution in [-0.4, -0.2) is 28.6 Å². The summed E-state index contributed by atoms with van der Waals surface area (Å²) in [4.78, 5) is 17.4. The standard InChI is InChI=1S/C14H13FN2O2S/c15-10-5-2-1-4-9(10)11-8-20-14(16-11)17-7-3-6-12(17)13(18)19/h1-2,4-5,8,12H,3,6-7H2,(H,18,19)/t12-/m0/s1. The van der Waals surface area contributed by atoms with Gasteiger partial charge >= 0.3 is 5.97 Å². The molecule has 1 N–H and O–H groups in total. The first kappa shape index (κ1) is 13.1. The van der Waals surface area contributed by atoms with E-state index in [0.717, 1.165) is 6.42 Å². The van der Waals surface area contributed by atoms with Crippen molar-refractivity contribution < 1.29 is 14.3 Å². The largest absolute Gasteiger partial charge is 0.480 e. The molecule has 4 nitrogen and oxygen atoms in total. The summed E-state index contributed by atoms with van der Waals surface area (Å²) in [5.41, 5.74) is 1.00. The zero-order valence-electron chi connectivity index (χ0n) is 10.6. The minimum absolute atomic E-state index is 0.319. The van der Waals surface area contributed by atoms with Crippen LogP contribution in [0.4, 0.5) is 9.52 Å². The lowest BCUT2D eigenvalue weighted by molar-refractivity contribution is -0.138. The minimum Gasteiger partial charge on any atom is -0.480 e. The summed E-state index contributed by atoms with van der Waals surface area (Å²) in [6.45, 7) is 0.682. The molecule has 0 amide bonds. The lowest BCUT2D eigenvalue weighted by Crippen LogP contribution is -2.35. The van der Waals surface area contributed by atoms with Crippen LogP contribution in [0.15, 0.2) is 29.6 Å². The van der Waals surface area contributed by atoms with Gasteiger partial charge in [0.05, 0.1) is 5.69 Å². The number of nitrogens with zero attached hydrogens (tertiary/aromatic N) is 2. The van der Waals surface area contributed by atoms with Crippen LogP contribution in [0.1, 0.15) is 12.8 Å². The molecular formula is C14H13FN2O2S. The summed E-state index contributed by atoms with van der Waals surface area (Å²) >= 11 is 1.36. The molecule has 2 heterocycles. The SMILES string of the molecule is O=C(O)[C@@H]1CCCN1c1nc(-c2ccccc2F)cs1. The third kappa shape index (κ3) is 2.27. The number of carbonyl (C=O) groups is 1. The Kier molecular flexibility index (Phi) is 3.40. The molecular weight excluding hydrogens is 279 g/mol. The van der Waals surface area contributed by atoms with E-state index < -0.39 is 12.0 Å². The van der Waals surface area contributed by atoms with Gasteiger partial charge in [0.25, 0.3) is 0 Å². The van der Waals surface area contributed by atoms with Gasteiger partial charge in [0, 0.05) is 17.5 Å². The average Bonchev–Trinajstić information content (AvgIpc) is 3.07. The third-order valence-electron chi connectivity index (χ3n) is 3.43. The number of aromatic nitrogens is 1. The topological polar surface area (TPSA) is 53.4 Å². The quantitative estimate of drug-likeness (QED) is 0.945. The van der Waals surface area contributed by atoms with Crippen molar-refractivity contribution in [2.45, 2.75) is 18.9 Å². The third-order valence-corrected chi connectivity index (χ3v) is 4.30. The van der Waals surface area contributed by atoms with E-state index in [1.54, 1.807) is 28.5 Å². The molecule has 0 spiro atoms. The fourth-order valence-electron chi connectivity index (χ4n) is 2.44. The number of benzene rings is 1. The van der Waals surface area contributed by atoms with E-state index in [2.05, 4.69) is 4.98 Å². The highest BCUT2D eigenvalue weighted by molar-refractivity contribution is 7.14. The predicted octanol–water partition coefficient (Wildman–Crippen LogP) is 3.00. The second kappa shape index (κ2) is 5.20. The Morgan fingerprint density at radius 2 is 2.25 bits per heavy atom. The molecule has 2 aromatic rings. The maximum atomic E-state index is 13.7. The highest BCUT2D eigenvalue weighted by Gasteiger charge is 2.32. The van der Waals surface area contributed by atoms with Gasteiger partial charge in [0.2, 0.25) is 0 Å². The first-order valence-corrected chi connectivity index (χ1v) is 7.24. The first-order valence-electron chi connectivity index (χ1n) is 6.36. The molecule has 1 aliphatic heterocycles. The summed E-state index contributed by atoms with van der Waals surface area (Å²) in [7, 11) is 0. The van der Waals surface area contributed by atoms with Crippen molar-refractivity contribution in [2.75, 3.05) is 11.4 Å². The van der Waals surface area contributed by atoms with Gasteiger partial charge < -0.3 is 10.0 Å². The van der Waals surface area contributed by atoms with E-state index >= 15 is 0 Å². The van der Waals surface area contributed by atoms with Gasteiger partial charge in [-0.15, -0.1) is 11.3 Å². The Morgan fingerprint density at radius 1 is 1.45 bits per heavy atom. The first-order chi connectivity index (χ1) is 9.66. The molecule has 1 aliphatic rings. The number of hydrogen-bond acceptors (Lipinski definition) is 4. The number of carboxylic acid groups (broad SMARTS) is 1. The molecule has 1 saturated heterocycles. The van der Waals surface area contributed by atoms with Crippen molar-refractivity contribution in [3.05, 3.63) is 35.5 Å². The lowest BCUT2D eigenvalue weighted by Gasteiger charge is -2.19. The van der Waals surface area contributed by atoms with E-state index in [0.29, 0.717) is 29.4 Å². The predicted molar refractivity (Wildman–Crippen MR) is 75.5 cm³/mol. The smallest absolute Gasteiger partial charge is 0.326 e. The molecule has 6 heteroatoms. The van der Waals surface area contributed by atoms with Crippen molar-refractivity contribution in [1.29, 1.82) is 0 Å². The number of anilines is 1. The van der Waals surface area contributed by atoms with E-state index in [1.165, 1.54) is 17.4 Å². The number of halogens is 1. The normalized spacial score (nSPS) is 18.4. The van der Waals surface area contributed by atoms with Crippen LogP contribution < -0.4 is 4.90 Å². The Balaban J connectivity index is 1.91. The van der Waals surface area contributed by atoms with Crippen molar-refractivity contribution >= 4 is 22.4 Å². The van der Waals surface area contributed by atoms with Crippen LogP contribution in [0.3, 0.4) is 0 Å². The van der Waals surface area contributed by atoms with Crippen LogP contribution in [-0.2, 0) is 4.79 Å². The summed E-state index contributed by atoms with van der Waals surface area (Å²) in [5, 5.41) is 11.6. The molecule has 1 atom stereocenters. The van der Waals surface area contributed by atoms with Gasteiger partial charge in [-0.1, -0.05) is 12.1 Å². The summed E-state index contributed by atoms with van der Waals surface area (Å²) in [6, 6.07) is 5.94. The van der Waals surface area contributed by atoms with Gasteiger partial charge in [-0.05, 0) is 25.0 Å². The molecule has 3 rings (SSSR count). The van der Waals surface area contributed by atoms with Gasteiger partial charge in [-0.3, -0.25) is 0 Å². The van der Waals surface area contributed by atoms with Gasteiger partial charge in [-0.2, -0.15) is 0 Å². The van der Waals surface area contributed by atoms with Crippen LogP contribution in [0, 0.1) is 5.82 Å². The molecule has 0 aliphatic carbocycles. The number of rotatable bonds is 3. The summed E-state index contributed by atoms with van der Waals surface area (Å²) in [5.74, 6) is -1.15. The molecule has 0 bridgehead atoms. The van der Waals surface area contributed by atoms with Crippen LogP contribution in [0.2, 0.25) is 0 Å². The number of thiazole rings is 1. The Morgan fingerprint density at radius 3 is 3.00 bits per heavy atom. The highest BCUT2D eigenvalue weighted by atomic mass is 32.1. The Labute approximate surface area is 119 Å². The summed E-state index contributed by atoms with van der Waals surface area (Å²) in [6.07, 6.45) is 1.47. The van der Waals surface area contributed by atoms with Gasteiger partial charge in [0.1, 0.15) is 11.9 Å². The zero-order chi connectivity index (χ0) is 14.1. The van der Waals surface area contributed by atoms with Crippen LogP contribution in [0.25, 0.3) is 11.3 Å². The second-order valence-electron chi connectivity index (χ2n) is 4.68. The van der Waals surface area contributed by atoms with E-state index in [4.69, 9.17) is 0 Å². The van der Waals surface area contributed by atoms with Crippen molar-refractivity contribution in [2.24, 2.45) is 0 Å². The molecule has 0 saturated carbocycles. The average molecular weight is 292 g/mol. The van der Waals surface area contributed by atoms with Crippen molar-refractivity contribution in [1.82, 2.24) is 4.98 Å². The van der Waals surface area contributed by atoms with E-state index in [9.17, 15) is 14.3 Å². The molecule has 104 valence electrons. The molecule has 1 aromatic carbocycles. The maximum absolute atomic E-state index is 13.7. The number of carboxylic acids is 1. The molecule has 0 radical (unpaired) electrons. The highest BCUT2D eigenvalue weighted by Crippen LogP contribution is 2.32. The van der Waals surface area contributed by atoms with Gasteiger partial charge in [-0.25, -0.2) is 14.2 Å². The monoisotopic (exact) mass is 292 g/mol. The van der Waals surface area contributed by atoms with Gasteiger partial charge in [0.15, 0.2) is 5.13 Å². The van der Waals surface area contributed by atoms with Crippen LogP contribution >= 0.6 is 11.3 Å². The Hall–Kier alpha value is -1.95. The fraction of sp³-hybridized carbons (Fsp3) is 0.286. The fourth-order valence-corrected chi connectivity index (χ4v) is 3.34. The minimum atomic E-state index is -0.829. The summed E-state index contributed by atoms with van der Waals surface area (Å²) < 4.78 is 13.7. The lowest BCUT2D eigenvalue weighted by atomic mass is 10.2. The van der Waals surface area contributed by atoms with Crippen LogP contribution in [0.5, 0.6) is 0 Å². The second-order valence-corrected chi connectivity index (χ2v) is 5.52. The van der Waals surface area contributed by atoms with E-state index in [-0.39, 0.29) is 5.82 Å². The van der Waals surface area contributed by atoms with Crippen molar-refractivity contribution in [3.8, 4) is 11.3 Å². The maximum Gasteiger partial charge on any atom is 0.326 e. The number of hydrogen-bond donors (Lipinski definition) is 1. The van der Waals surface area contributed by atoms with Crippen molar-refractivity contribution in [3.63, 3.8) is 0 Å². The molecule has 20 heavy (non-hydrogen) atoms. The van der Waals surface area contributed by atoms with E-state index in [1.807, 2.05) is 0 Å². The Bertz CT molecular complexity index is 644. The molecule has 0 unspecified atom stereocenters. The molecule has 1 aromatic heterocycles. The number of aliphatic carboxylic acids is 1. The zero-order valence-corrected chi connectivity index (χ0v) is 11.4. The molecule has 1 fully saturated rings.